The number of fused-ring (bicyclic) bond motifs is 1. The molecular weight excluding hydrogens is 326 g/mol. The Kier molecular flexibility index (Phi) is 4.50. The second-order valence-electron chi connectivity index (χ2n) is 6.42. The Bertz CT molecular complexity index is 807. The first-order valence-electron chi connectivity index (χ1n) is 8.09. The highest BCUT2D eigenvalue weighted by atomic mass is 35.5. The fourth-order valence-corrected chi connectivity index (χ4v) is 3.46. The van der Waals surface area contributed by atoms with Crippen molar-refractivity contribution >= 4 is 23.4 Å². The number of carbonyl (C=O) groups excluding carboxylic acids is 2. The fraction of sp³-hybridized carbons (Fsp3) is 0.368. The van der Waals surface area contributed by atoms with Gasteiger partial charge in [-0.2, -0.15) is 0 Å². The van der Waals surface area contributed by atoms with Crippen molar-refractivity contribution in [3.8, 4) is 0 Å². The zero-order valence-electron chi connectivity index (χ0n) is 14.0. The van der Waals surface area contributed by atoms with Crippen LogP contribution in [0.25, 0.3) is 0 Å². The average Bonchev–Trinajstić information content (AvgIpc) is 3.03. The van der Waals surface area contributed by atoms with E-state index < -0.39 is 0 Å². The summed E-state index contributed by atoms with van der Waals surface area (Å²) in [5, 5.41) is 0.532. The Morgan fingerprint density at radius 2 is 2.04 bits per heavy atom. The molecule has 0 bridgehead atoms. The predicted octanol–water partition coefficient (Wildman–Crippen LogP) is 4.12. The molecular formula is C19H20ClNO3. The van der Waals surface area contributed by atoms with Crippen molar-refractivity contribution in [1.82, 2.24) is 4.57 Å². The second-order valence-corrected chi connectivity index (χ2v) is 6.86. The van der Waals surface area contributed by atoms with E-state index in [2.05, 4.69) is 0 Å². The van der Waals surface area contributed by atoms with E-state index in [4.69, 9.17) is 16.3 Å². The van der Waals surface area contributed by atoms with E-state index in [1.165, 1.54) is 0 Å². The maximum absolute atomic E-state index is 12.9. The largest absolute Gasteiger partial charge is 0.462 e. The fourth-order valence-electron chi connectivity index (χ4n) is 3.27. The van der Waals surface area contributed by atoms with Gasteiger partial charge in [0.1, 0.15) is 0 Å². The van der Waals surface area contributed by atoms with E-state index in [-0.39, 0.29) is 23.8 Å². The number of hydrogen-bond donors (Lipinski definition) is 0. The van der Waals surface area contributed by atoms with Crippen LogP contribution in [0, 0.1) is 6.92 Å². The standard InChI is InChI=1S/C19H20ClNO3/c1-11(2)24-19(23)15-7-8-21-16(15)9-12(3)17(21)18(22)13-5-4-6-14(20)10-13/h4-6,9-11,15H,7-8H2,1-3H3. The quantitative estimate of drug-likeness (QED) is 0.618. The van der Waals surface area contributed by atoms with Crippen molar-refractivity contribution in [3.63, 3.8) is 0 Å². The molecule has 2 aromatic rings. The summed E-state index contributed by atoms with van der Waals surface area (Å²) in [6, 6.07) is 8.86. The van der Waals surface area contributed by atoms with E-state index in [9.17, 15) is 9.59 Å². The van der Waals surface area contributed by atoms with E-state index >= 15 is 0 Å². The number of nitrogens with zero attached hydrogens (tertiary/aromatic N) is 1. The first-order chi connectivity index (χ1) is 11.4. The molecule has 0 amide bonds. The summed E-state index contributed by atoms with van der Waals surface area (Å²) in [4.78, 5) is 25.2. The average molecular weight is 346 g/mol. The van der Waals surface area contributed by atoms with Gasteiger partial charge in [0.2, 0.25) is 5.78 Å². The predicted molar refractivity (Wildman–Crippen MR) is 92.6 cm³/mol. The van der Waals surface area contributed by atoms with Crippen LogP contribution >= 0.6 is 11.6 Å². The van der Waals surface area contributed by atoms with E-state index in [1.807, 2.05) is 31.4 Å². The normalized spacial score (nSPS) is 16.3. The van der Waals surface area contributed by atoms with Crippen molar-refractivity contribution in [3.05, 3.63) is 57.9 Å². The summed E-state index contributed by atoms with van der Waals surface area (Å²) < 4.78 is 7.30. The highest BCUT2D eigenvalue weighted by Crippen LogP contribution is 2.34. The van der Waals surface area contributed by atoms with Crippen molar-refractivity contribution in [2.45, 2.75) is 45.8 Å². The van der Waals surface area contributed by atoms with Gasteiger partial charge in [-0.1, -0.05) is 23.7 Å². The van der Waals surface area contributed by atoms with Gasteiger partial charge in [0.25, 0.3) is 0 Å². The Labute approximate surface area is 146 Å². The number of aryl methyl sites for hydroxylation is 1. The van der Waals surface area contributed by atoms with Gasteiger partial charge in [-0.3, -0.25) is 9.59 Å². The molecule has 1 aliphatic heterocycles. The van der Waals surface area contributed by atoms with Gasteiger partial charge in [0, 0.05) is 22.8 Å². The topological polar surface area (TPSA) is 48.3 Å². The lowest BCUT2D eigenvalue weighted by Gasteiger charge is -2.12. The Balaban J connectivity index is 1.96. The number of esters is 1. The number of rotatable bonds is 4. The summed E-state index contributed by atoms with van der Waals surface area (Å²) >= 11 is 6.00. The molecule has 0 fully saturated rings. The second kappa shape index (κ2) is 6.44. The van der Waals surface area contributed by atoms with Crippen molar-refractivity contribution in [2.24, 2.45) is 0 Å². The summed E-state index contributed by atoms with van der Waals surface area (Å²) in [6.07, 6.45) is 0.520. The maximum atomic E-state index is 12.9. The molecule has 24 heavy (non-hydrogen) atoms. The molecule has 1 aromatic carbocycles. The minimum absolute atomic E-state index is 0.0703. The molecule has 0 saturated carbocycles. The molecule has 0 N–H and O–H groups in total. The zero-order valence-corrected chi connectivity index (χ0v) is 14.8. The molecule has 0 radical (unpaired) electrons. The molecule has 2 heterocycles. The van der Waals surface area contributed by atoms with Gasteiger partial charge in [0.05, 0.1) is 17.7 Å². The molecule has 1 aliphatic rings. The first kappa shape index (κ1) is 16.8. The number of benzene rings is 1. The van der Waals surface area contributed by atoms with Gasteiger partial charge in [-0.05, 0) is 51.0 Å². The van der Waals surface area contributed by atoms with Crippen LogP contribution in [0.15, 0.2) is 30.3 Å². The Morgan fingerprint density at radius 1 is 1.29 bits per heavy atom. The molecule has 0 aliphatic carbocycles. The van der Waals surface area contributed by atoms with Crippen LogP contribution in [-0.4, -0.2) is 22.4 Å². The maximum Gasteiger partial charge on any atom is 0.315 e. The number of halogens is 1. The van der Waals surface area contributed by atoms with Crippen molar-refractivity contribution in [1.29, 1.82) is 0 Å². The molecule has 0 spiro atoms. The summed E-state index contributed by atoms with van der Waals surface area (Å²) in [7, 11) is 0. The van der Waals surface area contributed by atoms with Gasteiger partial charge < -0.3 is 9.30 Å². The van der Waals surface area contributed by atoms with Gasteiger partial charge in [-0.15, -0.1) is 0 Å². The van der Waals surface area contributed by atoms with E-state index in [0.29, 0.717) is 29.2 Å². The van der Waals surface area contributed by atoms with Crippen LogP contribution in [-0.2, 0) is 16.1 Å². The number of ether oxygens (including phenoxy) is 1. The molecule has 1 aromatic heterocycles. The number of aromatic nitrogens is 1. The van der Waals surface area contributed by atoms with Crippen LogP contribution in [0.1, 0.15) is 53.5 Å². The zero-order chi connectivity index (χ0) is 17.4. The first-order valence-corrected chi connectivity index (χ1v) is 8.47. The SMILES string of the molecule is Cc1cc2n(c1C(=O)c1cccc(Cl)c1)CCC2C(=O)OC(C)C. The third-order valence-electron chi connectivity index (χ3n) is 4.26. The summed E-state index contributed by atoms with van der Waals surface area (Å²) in [5.74, 6) is -0.589. The Morgan fingerprint density at radius 3 is 2.71 bits per heavy atom. The van der Waals surface area contributed by atoms with Crippen LogP contribution in [0.4, 0.5) is 0 Å². The molecule has 3 rings (SSSR count). The van der Waals surface area contributed by atoms with Crippen LogP contribution < -0.4 is 0 Å². The van der Waals surface area contributed by atoms with Gasteiger partial charge in [0.15, 0.2) is 0 Å². The van der Waals surface area contributed by atoms with Crippen molar-refractivity contribution in [2.75, 3.05) is 0 Å². The smallest absolute Gasteiger partial charge is 0.315 e. The third-order valence-corrected chi connectivity index (χ3v) is 4.49. The third kappa shape index (κ3) is 2.98. The lowest BCUT2D eigenvalue weighted by atomic mass is 10.0. The molecule has 4 nitrogen and oxygen atoms in total. The Hall–Kier alpha value is -2.07. The lowest BCUT2D eigenvalue weighted by molar-refractivity contribution is -0.149. The van der Waals surface area contributed by atoms with Crippen LogP contribution in [0.2, 0.25) is 5.02 Å². The van der Waals surface area contributed by atoms with Crippen LogP contribution in [0.5, 0.6) is 0 Å². The van der Waals surface area contributed by atoms with Crippen molar-refractivity contribution < 1.29 is 14.3 Å². The number of hydrogen-bond acceptors (Lipinski definition) is 3. The molecule has 1 atom stereocenters. The minimum atomic E-state index is -0.299. The van der Waals surface area contributed by atoms with Gasteiger partial charge in [-0.25, -0.2) is 0 Å². The van der Waals surface area contributed by atoms with E-state index in [0.717, 1.165) is 11.3 Å². The summed E-state index contributed by atoms with van der Waals surface area (Å²) in [6.45, 7) is 6.22. The molecule has 0 saturated heterocycles. The van der Waals surface area contributed by atoms with Crippen LogP contribution in [0.3, 0.4) is 0 Å². The monoisotopic (exact) mass is 345 g/mol. The highest BCUT2D eigenvalue weighted by molar-refractivity contribution is 6.31. The van der Waals surface area contributed by atoms with Gasteiger partial charge >= 0.3 is 5.97 Å². The summed E-state index contributed by atoms with van der Waals surface area (Å²) in [5.41, 5.74) is 2.92. The lowest BCUT2D eigenvalue weighted by Crippen LogP contribution is -2.18. The molecule has 5 heteroatoms. The molecule has 126 valence electrons. The number of carbonyl (C=O) groups is 2. The number of ketones is 1. The minimum Gasteiger partial charge on any atom is -0.462 e. The molecule has 1 unspecified atom stereocenters. The highest BCUT2D eigenvalue weighted by Gasteiger charge is 2.34. The van der Waals surface area contributed by atoms with E-state index in [1.54, 1.807) is 24.3 Å².